The molecule has 4 rings (SSSR count). The summed E-state index contributed by atoms with van der Waals surface area (Å²) in [5.74, 6) is 4.50. The minimum Gasteiger partial charge on any atom is -0.0808 e. The molecule has 5 atom stereocenters. The lowest BCUT2D eigenvalue weighted by atomic mass is 9.68. The highest BCUT2D eigenvalue weighted by Crippen LogP contribution is 2.56. The summed E-state index contributed by atoms with van der Waals surface area (Å²) in [6.07, 6.45) is 21.7. The van der Waals surface area contributed by atoms with Crippen molar-refractivity contribution < 1.29 is 0 Å². The molecule has 0 saturated heterocycles. The summed E-state index contributed by atoms with van der Waals surface area (Å²) in [6.45, 7) is 4.69. The van der Waals surface area contributed by atoms with Crippen molar-refractivity contribution in [2.45, 2.75) is 58.8 Å². The van der Waals surface area contributed by atoms with Gasteiger partial charge in [-0.1, -0.05) is 56.2 Å². The molecule has 0 radical (unpaired) electrons. The van der Waals surface area contributed by atoms with Crippen molar-refractivity contribution in [3.8, 4) is 0 Å². The number of hydrogen-bond donors (Lipinski definition) is 0. The van der Waals surface area contributed by atoms with E-state index in [0.717, 1.165) is 29.6 Å². The molecule has 4 aliphatic carbocycles. The first-order valence-electron chi connectivity index (χ1n) is 9.59. The second-order valence-electron chi connectivity index (χ2n) is 7.76. The van der Waals surface area contributed by atoms with E-state index in [2.05, 4.69) is 44.2 Å². The van der Waals surface area contributed by atoms with E-state index in [4.69, 9.17) is 0 Å². The molecule has 4 aliphatic rings. The molecule has 0 nitrogen and oxygen atoms in total. The van der Waals surface area contributed by atoms with Crippen molar-refractivity contribution in [3.05, 3.63) is 47.1 Å². The van der Waals surface area contributed by atoms with E-state index in [1.54, 1.807) is 11.1 Å². The van der Waals surface area contributed by atoms with Crippen LogP contribution in [0.25, 0.3) is 0 Å². The van der Waals surface area contributed by atoms with E-state index < -0.39 is 0 Å². The van der Waals surface area contributed by atoms with E-state index in [9.17, 15) is 0 Å². The Morgan fingerprint density at radius 1 is 1.00 bits per heavy atom. The first-order valence-corrected chi connectivity index (χ1v) is 9.59. The topological polar surface area (TPSA) is 0 Å². The number of fused-ring (bicyclic) bond motifs is 3. The lowest BCUT2D eigenvalue weighted by Crippen LogP contribution is -2.28. The van der Waals surface area contributed by atoms with Gasteiger partial charge in [-0.05, 0) is 79.3 Å². The molecular formula is C22H30. The zero-order valence-electron chi connectivity index (χ0n) is 14.2. The molecule has 0 heteroatoms. The zero-order chi connectivity index (χ0) is 15.1. The normalized spacial score (nSPS) is 39.9. The van der Waals surface area contributed by atoms with Gasteiger partial charge in [-0.3, -0.25) is 0 Å². The number of allylic oxidation sites excluding steroid dienone is 8. The monoisotopic (exact) mass is 294 g/mol. The third-order valence-electron chi connectivity index (χ3n) is 6.98. The average molecular weight is 294 g/mol. The van der Waals surface area contributed by atoms with Crippen LogP contribution >= 0.6 is 0 Å². The molecule has 0 heterocycles. The second kappa shape index (κ2) is 5.87. The highest BCUT2D eigenvalue weighted by atomic mass is 14.5. The molecule has 2 saturated carbocycles. The van der Waals surface area contributed by atoms with Gasteiger partial charge >= 0.3 is 0 Å². The molecule has 0 aromatic rings. The highest BCUT2D eigenvalue weighted by molar-refractivity contribution is 5.44. The molecular weight excluding hydrogens is 264 g/mol. The van der Waals surface area contributed by atoms with Crippen LogP contribution in [0.2, 0.25) is 0 Å². The van der Waals surface area contributed by atoms with Gasteiger partial charge in [0.1, 0.15) is 0 Å². The van der Waals surface area contributed by atoms with Crippen LogP contribution in [0.5, 0.6) is 0 Å². The fraction of sp³-hybridized carbons (Fsp3) is 0.636. The van der Waals surface area contributed by atoms with Gasteiger partial charge < -0.3 is 0 Å². The maximum absolute atomic E-state index is 2.54. The minimum atomic E-state index is 0.839. The van der Waals surface area contributed by atoms with Crippen LogP contribution in [0.4, 0.5) is 0 Å². The standard InChI is InChI=1S/C22H30/c1-3-15-12-13-21(17(15)4-2)20-11-7-10-19-18-9-6-5-8-16(18)14-22(19)20/h5-6,8-9,12,16,18-20,22H,3-4,7,10-11,13-14H2,1-2H3. The SMILES string of the molecule is CCC1=CCC(C2CCCC3C4C=CC=CC4CC23)=C1CC. The predicted octanol–water partition coefficient (Wildman–Crippen LogP) is 6.23. The van der Waals surface area contributed by atoms with Crippen LogP contribution in [0.1, 0.15) is 58.8 Å². The third-order valence-corrected chi connectivity index (χ3v) is 6.98. The molecule has 0 aromatic heterocycles. The van der Waals surface area contributed by atoms with Gasteiger partial charge in [0.15, 0.2) is 0 Å². The molecule has 0 N–H and O–H groups in total. The van der Waals surface area contributed by atoms with Crippen molar-refractivity contribution in [3.63, 3.8) is 0 Å². The van der Waals surface area contributed by atoms with Crippen LogP contribution in [0, 0.1) is 29.6 Å². The van der Waals surface area contributed by atoms with Crippen LogP contribution < -0.4 is 0 Å². The Labute approximate surface area is 136 Å². The quantitative estimate of drug-likeness (QED) is 0.579. The van der Waals surface area contributed by atoms with Gasteiger partial charge in [-0.2, -0.15) is 0 Å². The second-order valence-corrected chi connectivity index (χ2v) is 7.76. The van der Waals surface area contributed by atoms with Gasteiger partial charge in [0, 0.05) is 0 Å². The number of rotatable bonds is 3. The Bertz CT molecular complexity index is 557. The van der Waals surface area contributed by atoms with Crippen molar-refractivity contribution in [1.29, 1.82) is 0 Å². The third kappa shape index (κ3) is 2.18. The van der Waals surface area contributed by atoms with Crippen molar-refractivity contribution in [2.24, 2.45) is 29.6 Å². The number of hydrogen-bond acceptors (Lipinski definition) is 0. The Hall–Kier alpha value is -1.04. The van der Waals surface area contributed by atoms with E-state index in [1.165, 1.54) is 44.9 Å². The molecule has 0 aliphatic heterocycles. The zero-order valence-corrected chi connectivity index (χ0v) is 14.2. The minimum absolute atomic E-state index is 0.839. The van der Waals surface area contributed by atoms with E-state index in [-0.39, 0.29) is 0 Å². The fourth-order valence-electron chi connectivity index (χ4n) is 6.10. The Balaban J connectivity index is 1.63. The molecule has 0 spiro atoms. The van der Waals surface area contributed by atoms with Gasteiger partial charge in [0.2, 0.25) is 0 Å². The highest BCUT2D eigenvalue weighted by Gasteiger charge is 2.47. The summed E-state index contributed by atoms with van der Waals surface area (Å²) < 4.78 is 0. The molecule has 5 unspecified atom stereocenters. The molecule has 2 fully saturated rings. The van der Waals surface area contributed by atoms with Crippen LogP contribution in [-0.2, 0) is 0 Å². The van der Waals surface area contributed by atoms with Crippen molar-refractivity contribution in [2.75, 3.05) is 0 Å². The molecule has 0 amide bonds. The molecule has 0 aromatic carbocycles. The average Bonchev–Trinajstić information content (AvgIpc) is 3.15. The summed E-state index contributed by atoms with van der Waals surface area (Å²) in [6, 6.07) is 0. The summed E-state index contributed by atoms with van der Waals surface area (Å²) in [4.78, 5) is 0. The fourth-order valence-corrected chi connectivity index (χ4v) is 6.10. The summed E-state index contributed by atoms with van der Waals surface area (Å²) >= 11 is 0. The predicted molar refractivity (Wildman–Crippen MR) is 94.5 cm³/mol. The Kier molecular flexibility index (Phi) is 3.88. The summed E-state index contributed by atoms with van der Waals surface area (Å²) in [7, 11) is 0. The first-order chi connectivity index (χ1) is 10.8. The van der Waals surface area contributed by atoms with Gasteiger partial charge in [0.25, 0.3) is 0 Å². The van der Waals surface area contributed by atoms with E-state index in [1.807, 2.05) is 5.57 Å². The van der Waals surface area contributed by atoms with Crippen molar-refractivity contribution in [1.82, 2.24) is 0 Å². The molecule has 22 heavy (non-hydrogen) atoms. The maximum atomic E-state index is 2.54. The molecule has 0 bridgehead atoms. The molecule has 118 valence electrons. The van der Waals surface area contributed by atoms with Crippen molar-refractivity contribution >= 4 is 0 Å². The Morgan fingerprint density at radius 3 is 2.68 bits per heavy atom. The Morgan fingerprint density at radius 2 is 1.86 bits per heavy atom. The maximum Gasteiger partial charge on any atom is -0.0124 e. The van der Waals surface area contributed by atoms with Gasteiger partial charge in [0.05, 0.1) is 0 Å². The van der Waals surface area contributed by atoms with Gasteiger partial charge in [-0.15, -0.1) is 0 Å². The summed E-state index contributed by atoms with van der Waals surface area (Å²) in [5, 5.41) is 0. The lowest BCUT2D eigenvalue weighted by Gasteiger charge is -2.37. The van der Waals surface area contributed by atoms with Crippen LogP contribution in [0.3, 0.4) is 0 Å². The van der Waals surface area contributed by atoms with E-state index in [0.29, 0.717) is 0 Å². The van der Waals surface area contributed by atoms with Crippen LogP contribution in [-0.4, -0.2) is 0 Å². The largest absolute Gasteiger partial charge is 0.0808 e. The van der Waals surface area contributed by atoms with E-state index >= 15 is 0 Å². The van der Waals surface area contributed by atoms with Gasteiger partial charge in [-0.25, -0.2) is 0 Å². The first kappa shape index (κ1) is 14.5. The lowest BCUT2D eigenvalue weighted by molar-refractivity contribution is 0.188. The smallest absolute Gasteiger partial charge is 0.0124 e. The summed E-state index contributed by atoms with van der Waals surface area (Å²) in [5.41, 5.74) is 5.25. The van der Waals surface area contributed by atoms with Crippen LogP contribution in [0.15, 0.2) is 47.1 Å².